The van der Waals surface area contributed by atoms with Gasteiger partial charge < -0.3 is 10.2 Å². The third kappa shape index (κ3) is 1.56. The fourth-order valence-electron chi connectivity index (χ4n) is 0.844. The van der Waals surface area contributed by atoms with Gasteiger partial charge in [0.2, 0.25) is 0 Å². The van der Waals surface area contributed by atoms with Crippen LogP contribution < -0.4 is 0 Å². The van der Waals surface area contributed by atoms with Crippen LogP contribution in [-0.4, -0.2) is 16.5 Å². The van der Waals surface area contributed by atoms with E-state index in [0.29, 0.717) is 17.4 Å². The summed E-state index contributed by atoms with van der Waals surface area (Å²) in [6, 6.07) is 4.24. The van der Waals surface area contributed by atoms with E-state index in [1.54, 1.807) is 0 Å². The Labute approximate surface area is 63.9 Å². The maximum Gasteiger partial charge on any atom is 0.150 e. The summed E-state index contributed by atoms with van der Waals surface area (Å²) in [6.07, 6.45) is 0.644. The Morgan fingerprint density at radius 2 is 2.18 bits per heavy atom. The Balaban J connectivity index is 3.16. The van der Waals surface area contributed by atoms with Crippen LogP contribution in [0.3, 0.4) is 0 Å². The Kier molecular flexibility index (Phi) is 2.23. The van der Waals surface area contributed by atoms with Gasteiger partial charge in [0.15, 0.2) is 0 Å². The Morgan fingerprint density at radius 3 is 2.73 bits per heavy atom. The minimum atomic E-state index is -0.234. The molecule has 0 unspecified atom stereocenters. The fraction of sp³-hybridized carbons (Fsp3) is 0.125. The van der Waals surface area contributed by atoms with Gasteiger partial charge in [-0.2, -0.15) is 0 Å². The largest absolute Gasteiger partial charge is 0.508 e. The van der Waals surface area contributed by atoms with Crippen LogP contribution in [0.2, 0.25) is 0 Å². The molecule has 1 aromatic carbocycles. The number of carbonyl (C=O) groups is 1. The van der Waals surface area contributed by atoms with Crippen LogP contribution in [0.5, 0.6) is 5.75 Å². The summed E-state index contributed by atoms with van der Waals surface area (Å²) in [5.74, 6) is 0.0552. The maximum atomic E-state index is 10.3. The van der Waals surface area contributed by atoms with Crippen molar-refractivity contribution in [2.75, 3.05) is 0 Å². The third-order valence-corrected chi connectivity index (χ3v) is 1.42. The van der Waals surface area contributed by atoms with Gasteiger partial charge in [-0.15, -0.1) is 0 Å². The lowest BCUT2D eigenvalue weighted by molar-refractivity contribution is 0.112. The van der Waals surface area contributed by atoms with Gasteiger partial charge in [-0.3, -0.25) is 4.79 Å². The highest BCUT2D eigenvalue weighted by molar-refractivity contribution is 5.77. The molecule has 0 aliphatic heterocycles. The molecule has 0 saturated heterocycles. The van der Waals surface area contributed by atoms with E-state index in [4.69, 9.17) is 10.2 Å². The van der Waals surface area contributed by atoms with Crippen LogP contribution in [0, 0.1) is 0 Å². The van der Waals surface area contributed by atoms with Crippen molar-refractivity contribution < 1.29 is 15.0 Å². The van der Waals surface area contributed by atoms with Crippen molar-refractivity contribution in [2.24, 2.45) is 0 Å². The highest BCUT2D eigenvalue weighted by Crippen LogP contribution is 2.14. The summed E-state index contributed by atoms with van der Waals surface area (Å²) in [5.41, 5.74) is 0.852. The molecule has 0 saturated carbocycles. The maximum absolute atomic E-state index is 10.3. The number of aliphatic hydroxyl groups is 1. The molecular formula is C8H8O3. The van der Waals surface area contributed by atoms with E-state index >= 15 is 0 Å². The van der Waals surface area contributed by atoms with Crippen molar-refractivity contribution in [1.82, 2.24) is 0 Å². The van der Waals surface area contributed by atoms with Crippen LogP contribution in [0.15, 0.2) is 18.2 Å². The zero-order valence-corrected chi connectivity index (χ0v) is 5.82. The number of aldehydes is 1. The molecule has 0 heterocycles. The number of aliphatic hydroxyl groups excluding tert-OH is 1. The number of carbonyl (C=O) groups excluding carboxylic acids is 1. The Bertz CT molecular complexity index is 268. The van der Waals surface area contributed by atoms with Crippen molar-refractivity contribution >= 4 is 6.29 Å². The first kappa shape index (κ1) is 7.75. The summed E-state index contributed by atoms with van der Waals surface area (Å²) in [6.45, 7) is -0.234. The highest BCUT2D eigenvalue weighted by atomic mass is 16.3. The predicted molar refractivity (Wildman–Crippen MR) is 39.4 cm³/mol. The second-order valence-corrected chi connectivity index (χ2v) is 2.16. The van der Waals surface area contributed by atoms with E-state index in [1.807, 2.05) is 0 Å². The van der Waals surface area contributed by atoms with Crippen molar-refractivity contribution in [3.8, 4) is 5.75 Å². The van der Waals surface area contributed by atoms with E-state index in [2.05, 4.69) is 0 Å². The molecule has 58 valence electrons. The van der Waals surface area contributed by atoms with Crippen molar-refractivity contribution in [3.63, 3.8) is 0 Å². The summed E-state index contributed by atoms with van der Waals surface area (Å²) in [7, 11) is 0. The summed E-state index contributed by atoms with van der Waals surface area (Å²) >= 11 is 0. The average molecular weight is 152 g/mol. The minimum absolute atomic E-state index is 0.0552. The molecule has 0 aliphatic rings. The molecule has 0 radical (unpaired) electrons. The molecule has 3 nitrogen and oxygen atoms in total. The lowest BCUT2D eigenvalue weighted by atomic mass is 10.1. The summed E-state index contributed by atoms with van der Waals surface area (Å²) < 4.78 is 0. The number of phenols is 1. The number of hydrogen-bond acceptors (Lipinski definition) is 3. The quantitative estimate of drug-likeness (QED) is 0.613. The second kappa shape index (κ2) is 3.16. The Hall–Kier alpha value is -1.35. The monoisotopic (exact) mass is 152 g/mol. The molecule has 0 spiro atoms. The topological polar surface area (TPSA) is 57.5 Å². The van der Waals surface area contributed by atoms with Gasteiger partial charge in [-0.25, -0.2) is 0 Å². The molecule has 1 aromatic rings. The Morgan fingerprint density at radius 1 is 1.45 bits per heavy atom. The zero-order chi connectivity index (χ0) is 8.27. The van der Waals surface area contributed by atoms with E-state index < -0.39 is 0 Å². The number of phenolic OH excluding ortho intramolecular Hbond substituents is 1. The fourth-order valence-corrected chi connectivity index (χ4v) is 0.844. The van der Waals surface area contributed by atoms with Crippen LogP contribution in [0.25, 0.3) is 0 Å². The minimum Gasteiger partial charge on any atom is -0.508 e. The summed E-state index contributed by atoms with van der Waals surface area (Å²) in [5, 5.41) is 17.6. The average Bonchev–Trinajstić information content (AvgIpc) is 2.04. The lowest BCUT2D eigenvalue weighted by Crippen LogP contribution is -1.90. The normalized spacial score (nSPS) is 9.55. The number of benzene rings is 1. The van der Waals surface area contributed by atoms with Gasteiger partial charge >= 0.3 is 0 Å². The van der Waals surface area contributed by atoms with Gasteiger partial charge in [0, 0.05) is 5.56 Å². The molecule has 11 heavy (non-hydrogen) atoms. The molecule has 0 aliphatic carbocycles. The number of rotatable bonds is 2. The first-order valence-electron chi connectivity index (χ1n) is 3.16. The molecule has 3 heteroatoms. The van der Waals surface area contributed by atoms with Crippen molar-refractivity contribution in [1.29, 1.82) is 0 Å². The SMILES string of the molecule is O=Cc1ccc(O)cc1CO. The van der Waals surface area contributed by atoms with Crippen molar-refractivity contribution in [2.45, 2.75) is 6.61 Å². The zero-order valence-electron chi connectivity index (χ0n) is 5.82. The highest BCUT2D eigenvalue weighted by Gasteiger charge is 2.00. The van der Waals surface area contributed by atoms with Crippen molar-refractivity contribution in [3.05, 3.63) is 29.3 Å². The molecule has 2 N–H and O–H groups in total. The van der Waals surface area contributed by atoms with Gasteiger partial charge in [0.25, 0.3) is 0 Å². The van der Waals surface area contributed by atoms with E-state index in [-0.39, 0.29) is 12.4 Å². The van der Waals surface area contributed by atoms with Gasteiger partial charge in [-0.1, -0.05) is 0 Å². The molecule has 0 aromatic heterocycles. The smallest absolute Gasteiger partial charge is 0.150 e. The second-order valence-electron chi connectivity index (χ2n) is 2.16. The van der Waals surface area contributed by atoms with Gasteiger partial charge in [0.05, 0.1) is 6.61 Å². The van der Waals surface area contributed by atoms with Gasteiger partial charge in [0.1, 0.15) is 12.0 Å². The molecule has 0 fully saturated rings. The first-order chi connectivity index (χ1) is 5.27. The van der Waals surface area contributed by atoms with Crippen LogP contribution in [0.1, 0.15) is 15.9 Å². The molecular weight excluding hydrogens is 144 g/mol. The molecule has 0 atom stereocenters. The number of aromatic hydroxyl groups is 1. The van der Waals surface area contributed by atoms with E-state index in [9.17, 15) is 4.79 Å². The summed E-state index contributed by atoms with van der Waals surface area (Å²) in [4.78, 5) is 10.3. The predicted octanol–water partition coefficient (Wildman–Crippen LogP) is 0.697. The van der Waals surface area contributed by atoms with Gasteiger partial charge in [-0.05, 0) is 23.8 Å². The molecule has 0 amide bonds. The molecule has 1 rings (SSSR count). The third-order valence-electron chi connectivity index (χ3n) is 1.42. The molecule has 0 bridgehead atoms. The van der Waals surface area contributed by atoms with Crippen LogP contribution >= 0.6 is 0 Å². The van der Waals surface area contributed by atoms with E-state index in [0.717, 1.165) is 0 Å². The van der Waals surface area contributed by atoms with E-state index in [1.165, 1.54) is 18.2 Å². The number of hydrogen-bond donors (Lipinski definition) is 2. The van der Waals surface area contributed by atoms with Crippen LogP contribution in [0.4, 0.5) is 0 Å². The van der Waals surface area contributed by atoms with Crippen LogP contribution in [-0.2, 0) is 6.61 Å². The lowest BCUT2D eigenvalue weighted by Gasteiger charge is -1.99. The first-order valence-corrected chi connectivity index (χ1v) is 3.16. The standard InChI is InChI=1S/C8H8O3/c9-4-6-1-2-8(11)3-7(6)5-10/h1-4,10-11H,5H2.